The molecule has 1 heterocycles. The molecule has 1 saturated heterocycles. The van der Waals surface area contributed by atoms with Crippen molar-refractivity contribution in [3.05, 3.63) is 77.4 Å². The first-order valence-electron chi connectivity index (χ1n) is 10.7. The van der Waals surface area contributed by atoms with Crippen LogP contribution in [-0.4, -0.2) is 37.2 Å². The van der Waals surface area contributed by atoms with Gasteiger partial charge in [0.05, 0.1) is 5.56 Å². The van der Waals surface area contributed by atoms with E-state index >= 15 is 0 Å². The van der Waals surface area contributed by atoms with Crippen LogP contribution in [0.15, 0.2) is 60.7 Å². The number of nitrogens with one attached hydrogen (secondary N) is 1. The van der Waals surface area contributed by atoms with E-state index in [-0.39, 0.29) is 23.7 Å². The number of phenols is 1. The fraction of sp³-hybridized carbons (Fsp3) is 0.240. The number of phenolic OH excluding ortho intramolecular Hbond substituents is 1. The summed E-state index contributed by atoms with van der Waals surface area (Å²) in [6.45, 7) is 2.71. The molecule has 6 nitrogen and oxygen atoms in total. The summed E-state index contributed by atoms with van der Waals surface area (Å²) in [4.78, 5) is 14.5. The van der Waals surface area contributed by atoms with Crippen LogP contribution < -0.4 is 20.7 Å². The molecule has 0 spiro atoms. The van der Waals surface area contributed by atoms with E-state index in [0.717, 1.165) is 24.8 Å². The first-order chi connectivity index (χ1) is 16.2. The molecule has 0 bridgehead atoms. The van der Waals surface area contributed by atoms with Crippen molar-refractivity contribution in [1.82, 2.24) is 5.32 Å². The van der Waals surface area contributed by atoms with Gasteiger partial charge in [0.25, 0.3) is 0 Å². The maximum Gasteiger partial charge on any atom is 0.419 e. The van der Waals surface area contributed by atoms with Gasteiger partial charge in [-0.1, -0.05) is 24.3 Å². The molecule has 3 aromatic carbocycles. The molecule has 0 atom stereocenters. The van der Waals surface area contributed by atoms with Gasteiger partial charge in [0, 0.05) is 43.0 Å². The molecule has 0 radical (unpaired) electrons. The zero-order chi connectivity index (χ0) is 24.3. The van der Waals surface area contributed by atoms with E-state index in [1.54, 1.807) is 18.2 Å². The number of amides is 1. The van der Waals surface area contributed by atoms with E-state index in [4.69, 9.17) is 10.5 Å². The molecule has 178 valence electrons. The number of alkyl halides is 3. The second-order valence-corrected chi connectivity index (χ2v) is 7.96. The third-order valence-electron chi connectivity index (χ3n) is 5.68. The normalized spacial score (nSPS) is 14.1. The van der Waals surface area contributed by atoms with Crippen LogP contribution in [0, 0.1) is 0 Å². The number of nitrogens with two attached hydrogens (primary N) is 1. The molecule has 0 unspecified atom stereocenters. The lowest BCUT2D eigenvalue weighted by Crippen LogP contribution is -2.43. The molecule has 1 fully saturated rings. The Labute approximate surface area is 194 Å². The first-order valence-corrected chi connectivity index (χ1v) is 10.7. The Bertz CT molecular complexity index is 1170. The van der Waals surface area contributed by atoms with Crippen molar-refractivity contribution in [3.8, 4) is 22.6 Å². The van der Waals surface area contributed by atoms with Crippen LogP contribution in [0.5, 0.6) is 11.5 Å². The number of anilines is 1. The Hall–Kier alpha value is -3.72. The quantitative estimate of drug-likeness (QED) is 0.503. The van der Waals surface area contributed by atoms with Crippen molar-refractivity contribution in [2.75, 3.05) is 31.1 Å². The average molecular weight is 471 g/mol. The molecule has 9 heteroatoms. The van der Waals surface area contributed by atoms with Crippen LogP contribution in [0.2, 0.25) is 0 Å². The van der Waals surface area contributed by atoms with E-state index in [1.165, 1.54) is 30.3 Å². The number of aromatic hydroxyl groups is 1. The van der Waals surface area contributed by atoms with Gasteiger partial charge >= 0.3 is 6.18 Å². The van der Waals surface area contributed by atoms with Gasteiger partial charge in [-0.25, -0.2) is 0 Å². The monoisotopic (exact) mass is 471 g/mol. The average Bonchev–Trinajstić information content (AvgIpc) is 2.83. The van der Waals surface area contributed by atoms with Gasteiger partial charge in [0.15, 0.2) is 0 Å². The predicted octanol–water partition coefficient (Wildman–Crippen LogP) is 4.17. The highest BCUT2D eigenvalue weighted by Crippen LogP contribution is 2.38. The Morgan fingerprint density at radius 2 is 1.74 bits per heavy atom. The lowest BCUT2D eigenvalue weighted by atomic mass is 9.92. The molecular weight excluding hydrogens is 447 g/mol. The fourth-order valence-corrected chi connectivity index (χ4v) is 4.05. The molecule has 1 aliphatic rings. The number of halogens is 3. The summed E-state index contributed by atoms with van der Waals surface area (Å²) in [6, 6.07) is 14.7. The number of carbonyl (C=O) groups is 1. The topological polar surface area (TPSA) is 87.8 Å². The molecule has 1 aliphatic heterocycles. The van der Waals surface area contributed by atoms with E-state index in [9.17, 15) is 23.1 Å². The van der Waals surface area contributed by atoms with E-state index < -0.39 is 17.6 Å². The predicted molar refractivity (Wildman–Crippen MR) is 123 cm³/mol. The zero-order valence-electron chi connectivity index (χ0n) is 18.2. The molecule has 0 aliphatic carbocycles. The molecule has 0 aromatic heterocycles. The number of rotatable bonds is 6. The Morgan fingerprint density at radius 3 is 2.38 bits per heavy atom. The lowest BCUT2D eigenvalue weighted by Gasteiger charge is -2.31. The SMILES string of the molecule is NC(=O)c1cc(N2CCNCC2)cc(COc2ccccc2C(F)(F)F)c1-c1ccc(O)cc1. The Balaban J connectivity index is 1.81. The number of hydrogen-bond acceptors (Lipinski definition) is 5. The van der Waals surface area contributed by atoms with Crippen molar-refractivity contribution in [1.29, 1.82) is 0 Å². The van der Waals surface area contributed by atoms with Gasteiger partial charge in [-0.3, -0.25) is 4.79 Å². The number of para-hydroxylation sites is 1. The van der Waals surface area contributed by atoms with E-state index in [0.29, 0.717) is 29.8 Å². The van der Waals surface area contributed by atoms with Crippen molar-refractivity contribution in [3.63, 3.8) is 0 Å². The number of benzene rings is 3. The fourth-order valence-electron chi connectivity index (χ4n) is 4.05. The van der Waals surface area contributed by atoms with Gasteiger partial charge in [0.1, 0.15) is 18.1 Å². The van der Waals surface area contributed by atoms with Crippen molar-refractivity contribution < 1.29 is 27.8 Å². The molecule has 1 amide bonds. The minimum Gasteiger partial charge on any atom is -0.508 e. The number of carbonyl (C=O) groups excluding carboxylic acids is 1. The zero-order valence-corrected chi connectivity index (χ0v) is 18.2. The minimum atomic E-state index is -4.57. The second kappa shape index (κ2) is 9.64. The molecule has 34 heavy (non-hydrogen) atoms. The maximum absolute atomic E-state index is 13.5. The summed E-state index contributed by atoms with van der Waals surface area (Å²) in [5.74, 6) is -0.935. The van der Waals surface area contributed by atoms with Crippen LogP contribution in [0.3, 0.4) is 0 Å². The summed E-state index contributed by atoms with van der Waals surface area (Å²) in [5.41, 5.74) is 7.36. The first kappa shape index (κ1) is 23.4. The van der Waals surface area contributed by atoms with Crippen molar-refractivity contribution in [2.45, 2.75) is 12.8 Å². The summed E-state index contributed by atoms with van der Waals surface area (Å²) >= 11 is 0. The number of hydrogen-bond donors (Lipinski definition) is 3. The van der Waals surface area contributed by atoms with E-state index in [2.05, 4.69) is 10.2 Å². The van der Waals surface area contributed by atoms with Crippen LogP contribution in [-0.2, 0) is 12.8 Å². The number of ether oxygens (including phenoxy) is 1. The number of piperazine rings is 1. The minimum absolute atomic E-state index is 0.0405. The van der Waals surface area contributed by atoms with Gasteiger partial charge < -0.3 is 25.8 Å². The summed E-state index contributed by atoms with van der Waals surface area (Å²) in [7, 11) is 0. The highest BCUT2D eigenvalue weighted by atomic mass is 19.4. The number of primary amides is 1. The van der Waals surface area contributed by atoms with Crippen LogP contribution in [0.25, 0.3) is 11.1 Å². The number of nitrogens with zero attached hydrogens (tertiary/aromatic N) is 1. The largest absolute Gasteiger partial charge is 0.508 e. The van der Waals surface area contributed by atoms with Gasteiger partial charge in [-0.15, -0.1) is 0 Å². The summed E-state index contributed by atoms with van der Waals surface area (Å²) < 4.78 is 46.0. The third-order valence-corrected chi connectivity index (χ3v) is 5.68. The summed E-state index contributed by atoms with van der Waals surface area (Å²) in [6.07, 6.45) is -4.57. The maximum atomic E-state index is 13.5. The van der Waals surface area contributed by atoms with Crippen molar-refractivity contribution in [2.24, 2.45) is 5.73 Å². The van der Waals surface area contributed by atoms with Crippen LogP contribution in [0.1, 0.15) is 21.5 Å². The highest BCUT2D eigenvalue weighted by Gasteiger charge is 2.34. The molecule has 3 aromatic rings. The summed E-state index contributed by atoms with van der Waals surface area (Å²) in [5, 5.41) is 12.9. The Morgan fingerprint density at radius 1 is 1.06 bits per heavy atom. The second-order valence-electron chi connectivity index (χ2n) is 7.96. The van der Waals surface area contributed by atoms with Crippen molar-refractivity contribution >= 4 is 11.6 Å². The molecule has 4 rings (SSSR count). The smallest absolute Gasteiger partial charge is 0.419 e. The molecular formula is C25H24F3N3O3. The van der Waals surface area contributed by atoms with Gasteiger partial charge in [0.2, 0.25) is 5.91 Å². The third kappa shape index (κ3) is 5.09. The van der Waals surface area contributed by atoms with Gasteiger partial charge in [-0.2, -0.15) is 13.2 Å². The standard InChI is InChI=1S/C25H24F3N3O3/c26-25(27,28)21-3-1-2-4-22(21)34-15-17-13-18(31-11-9-30-10-12-31)14-20(24(29)33)23(17)16-5-7-19(32)8-6-16/h1-8,13-14,30,32H,9-12,15H2,(H2,29,33). The molecule has 4 N–H and O–H groups in total. The van der Waals surface area contributed by atoms with E-state index in [1.807, 2.05) is 6.07 Å². The Kier molecular flexibility index (Phi) is 6.65. The van der Waals surface area contributed by atoms with Crippen LogP contribution in [0.4, 0.5) is 18.9 Å². The van der Waals surface area contributed by atoms with Gasteiger partial charge in [-0.05, 0) is 47.5 Å². The lowest BCUT2D eigenvalue weighted by molar-refractivity contribution is -0.139. The molecule has 0 saturated carbocycles. The van der Waals surface area contributed by atoms with Crippen LogP contribution >= 0.6 is 0 Å². The highest BCUT2D eigenvalue weighted by molar-refractivity contribution is 6.02.